The van der Waals surface area contributed by atoms with Gasteiger partial charge in [0.2, 0.25) is 0 Å². The van der Waals surface area contributed by atoms with Crippen molar-refractivity contribution >= 4 is 28.3 Å². The summed E-state index contributed by atoms with van der Waals surface area (Å²) >= 11 is 3.48. The summed E-state index contributed by atoms with van der Waals surface area (Å²) in [5.74, 6) is 1.62. The fraction of sp³-hybridized carbons (Fsp3) is 0.571. The van der Waals surface area contributed by atoms with Crippen molar-refractivity contribution < 1.29 is 0 Å². The fourth-order valence-corrected chi connectivity index (χ4v) is 3.64. The zero-order valence-electron chi connectivity index (χ0n) is 10.4. The van der Waals surface area contributed by atoms with Gasteiger partial charge in [0.1, 0.15) is 0 Å². The summed E-state index contributed by atoms with van der Waals surface area (Å²) in [6.45, 7) is 3.52. The normalized spacial score (nSPS) is 31.1. The first kappa shape index (κ1) is 14.3. The van der Waals surface area contributed by atoms with Crippen LogP contribution in [0.3, 0.4) is 0 Å². The quantitative estimate of drug-likeness (QED) is 0.902. The molecule has 2 N–H and O–H groups in total. The second kappa shape index (κ2) is 5.91. The van der Waals surface area contributed by atoms with Gasteiger partial charge in [-0.3, -0.25) is 4.90 Å². The third-order valence-corrected chi connectivity index (χ3v) is 4.84. The standard InChI is InChI=1S/C14H19BrN2.ClH/c15-12-4-1-10(2-5-12)7-17-8-11-3-6-14(16)13(11)9-17;/h1-2,4-5,11,13-14H,3,6-9,16H2;1H. The van der Waals surface area contributed by atoms with Crippen molar-refractivity contribution in [3.63, 3.8) is 0 Å². The molecule has 2 nitrogen and oxygen atoms in total. The Balaban J connectivity index is 0.00000120. The van der Waals surface area contributed by atoms with E-state index in [1.165, 1.54) is 31.5 Å². The van der Waals surface area contributed by atoms with Gasteiger partial charge in [-0.2, -0.15) is 0 Å². The highest BCUT2D eigenvalue weighted by molar-refractivity contribution is 9.10. The van der Waals surface area contributed by atoms with E-state index in [1.807, 2.05) is 0 Å². The van der Waals surface area contributed by atoms with E-state index in [0.29, 0.717) is 6.04 Å². The number of nitrogens with two attached hydrogens (primary N) is 1. The molecule has 0 aromatic heterocycles. The first-order valence-corrected chi connectivity index (χ1v) is 7.24. The molecular formula is C14H20BrClN2. The second-order valence-corrected chi connectivity index (χ2v) is 6.40. The van der Waals surface area contributed by atoms with Crippen LogP contribution in [0, 0.1) is 11.8 Å². The van der Waals surface area contributed by atoms with Gasteiger partial charge >= 0.3 is 0 Å². The minimum absolute atomic E-state index is 0. The topological polar surface area (TPSA) is 29.3 Å². The predicted octanol–water partition coefficient (Wildman–Crippen LogP) is 3.04. The minimum atomic E-state index is 0. The highest BCUT2D eigenvalue weighted by Crippen LogP contribution is 2.37. The van der Waals surface area contributed by atoms with Crippen molar-refractivity contribution in [3.05, 3.63) is 34.3 Å². The lowest BCUT2D eigenvalue weighted by atomic mass is 9.98. The summed E-state index contributed by atoms with van der Waals surface area (Å²) in [5.41, 5.74) is 7.57. The largest absolute Gasteiger partial charge is 0.327 e. The number of fused-ring (bicyclic) bond motifs is 1. The minimum Gasteiger partial charge on any atom is -0.327 e. The number of hydrogen-bond acceptors (Lipinski definition) is 2. The average molecular weight is 332 g/mol. The summed E-state index contributed by atoms with van der Waals surface area (Å²) in [6.07, 6.45) is 2.57. The van der Waals surface area contributed by atoms with Crippen LogP contribution >= 0.6 is 28.3 Å². The summed E-state index contributed by atoms with van der Waals surface area (Å²) in [7, 11) is 0. The molecule has 1 aliphatic heterocycles. The van der Waals surface area contributed by atoms with E-state index in [-0.39, 0.29) is 12.4 Å². The second-order valence-electron chi connectivity index (χ2n) is 5.49. The Kier molecular flexibility index (Phi) is 4.70. The molecule has 100 valence electrons. The third kappa shape index (κ3) is 2.90. The van der Waals surface area contributed by atoms with Crippen molar-refractivity contribution in [1.82, 2.24) is 4.90 Å². The van der Waals surface area contributed by atoms with Crippen molar-refractivity contribution in [2.45, 2.75) is 25.4 Å². The Bertz CT molecular complexity index is 395. The van der Waals surface area contributed by atoms with Gasteiger partial charge in [-0.25, -0.2) is 0 Å². The van der Waals surface area contributed by atoms with Crippen LogP contribution in [0.25, 0.3) is 0 Å². The molecule has 1 saturated heterocycles. The smallest absolute Gasteiger partial charge is 0.0233 e. The van der Waals surface area contributed by atoms with Crippen molar-refractivity contribution in [2.75, 3.05) is 13.1 Å². The Morgan fingerprint density at radius 1 is 1.17 bits per heavy atom. The van der Waals surface area contributed by atoms with Gasteiger partial charge in [-0.05, 0) is 42.4 Å². The van der Waals surface area contributed by atoms with E-state index in [2.05, 4.69) is 45.1 Å². The lowest BCUT2D eigenvalue weighted by Crippen LogP contribution is -2.30. The SMILES string of the molecule is Cl.NC1CCC2CN(Cc3ccc(Br)cc3)CC12. The Morgan fingerprint density at radius 3 is 2.56 bits per heavy atom. The molecule has 3 atom stereocenters. The van der Waals surface area contributed by atoms with E-state index >= 15 is 0 Å². The first-order valence-electron chi connectivity index (χ1n) is 6.45. The summed E-state index contributed by atoms with van der Waals surface area (Å²) < 4.78 is 1.15. The molecule has 0 bridgehead atoms. The van der Waals surface area contributed by atoms with E-state index in [4.69, 9.17) is 5.73 Å². The number of likely N-dealkylation sites (tertiary alicyclic amines) is 1. The van der Waals surface area contributed by atoms with Crippen molar-refractivity contribution in [3.8, 4) is 0 Å². The Labute approximate surface area is 123 Å². The maximum Gasteiger partial charge on any atom is 0.0233 e. The molecule has 3 unspecified atom stereocenters. The van der Waals surface area contributed by atoms with E-state index in [1.54, 1.807) is 0 Å². The maximum atomic E-state index is 6.16. The Morgan fingerprint density at radius 2 is 1.89 bits per heavy atom. The average Bonchev–Trinajstić information content (AvgIpc) is 2.85. The van der Waals surface area contributed by atoms with E-state index < -0.39 is 0 Å². The number of rotatable bonds is 2. The molecule has 0 amide bonds. The van der Waals surface area contributed by atoms with Gasteiger partial charge in [0.15, 0.2) is 0 Å². The molecular weight excluding hydrogens is 312 g/mol. The molecule has 18 heavy (non-hydrogen) atoms. The zero-order chi connectivity index (χ0) is 11.8. The molecule has 1 heterocycles. The predicted molar refractivity (Wildman–Crippen MR) is 80.9 cm³/mol. The monoisotopic (exact) mass is 330 g/mol. The van der Waals surface area contributed by atoms with Crippen LogP contribution < -0.4 is 5.73 Å². The fourth-order valence-electron chi connectivity index (χ4n) is 3.38. The summed E-state index contributed by atoms with van der Waals surface area (Å²) in [5, 5.41) is 0. The van der Waals surface area contributed by atoms with E-state index in [9.17, 15) is 0 Å². The molecule has 2 aliphatic rings. The lowest BCUT2D eigenvalue weighted by molar-refractivity contribution is 0.298. The number of nitrogens with zero attached hydrogens (tertiary/aromatic N) is 1. The molecule has 1 saturated carbocycles. The molecule has 1 aromatic rings. The molecule has 1 aliphatic carbocycles. The van der Waals surface area contributed by atoms with Crippen LogP contribution in [-0.4, -0.2) is 24.0 Å². The molecule has 0 radical (unpaired) electrons. The maximum absolute atomic E-state index is 6.16. The van der Waals surface area contributed by atoms with Gasteiger partial charge in [0, 0.05) is 30.1 Å². The van der Waals surface area contributed by atoms with Crippen LogP contribution in [0.4, 0.5) is 0 Å². The lowest BCUT2D eigenvalue weighted by Gasteiger charge is -2.18. The molecule has 4 heteroatoms. The van der Waals surface area contributed by atoms with Crippen LogP contribution in [0.1, 0.15) is 18.4 Å². The molecule has 0 spiro atoms. The third-order valence-electron chi connectivity index (χ3n) is 4.31. The van der Waals surface area contributed by atoms with Crippen LogP contribution in [0.2, 0.25) is 0 Å². The van der Waals surface area contributed by atoms with E-state index in [0.717, 1.165) is 22.9 Å². The number of halogens is 2. The highest BCUT2D eigenvalue weighted by Gasteiger charge is 2.40. The van der Waals surface area contributed by atoms with Gasteiger partial charge in [0.25, 0.3) is 0 Å². The van der Waals surface area contributed by atoms with Crippen LogP contribution in [-0.2, 0) is 6.54 Å². The number of benzene rings is 1. The zero-order valence-corrected chi connectivity index (χ0v) is 12.8. The number of hydrogen-bond donors (Lipinski definition) is 1. The summed E-state index contributed by atoms with van der Waals surface area (Å²) in [6, 6.07) is 9.11. The van der Waals surface area contributed by atoms with Gasteiger partial charge < -0.3 is 5.73 Å². The van der Waals surface area contributed by atoms with Crippen LogP contribution in [0.5, 0.6) is 0 Å². The Hall–Kier alpha value is -0.0900. The van der Waals surface area contributed by atoms with Crippen molar-refractivity contribution in [1.29, 1.82) is 0 Å². The summed E-state index contributed by atoms with van der Waals surface area (Å²) in [4.78, 5) is 2.57. The highest BCUT2D eigenvalue weighted by atomic mass is 79.9. The van der Waals surface area contributed by atoms with Crippen LogP contribution in [0.15, 0.2) is 28.7 Å². The molecule has 1 aromatic carbocycles. The van der Waals surface area contributed by atoms with Gasteiger partial charge in [0.05, 0.1) is 0 Å². The molecule has 2 fully saturated rings. The van der Waals surface area contributed by atoms with Crippen molar-refractivity contribution in [2.24, 2.45) is 17.6 Å². The van der Waals surface area contributed by atoms with Gasteiger partial charge in [-0.15, -0.1) is 12.4 Å². The first-order chi connectivity index (χ1) is 8.22. The molecule has 3 rings (SSSR count). The van der Waals surface area contributed by atoms with Gasteiger partial charge in [-0.1, -0.05) is 28.1 Å².